The minimum Gasteiger partial charge on any atom is -0.481 e. The van der Waals surface area contributed by atoms with Gasteiger partial charge in [0, 0.05) is 30.2 Å². The van der Waals surface area contributed by atoms with Crippen LogP contribution in [0.5, 0.6) is 0 Å². The molecule has 1 aromatic rings. The second-order valence-corrected chi connectivity index (χ2v) is 5.83. The highest BCUT2D eigenvalue weighted by atomic mass is 79.9. The number of hydrogen-bond donors (Lipinski definition) is 2. The molecule has 1 amide bonds. The van der Waals surface area contributed by atoms with E-state index in [1.165, 1.54) is 0 Å². The molecule has 0 fully saturated rings. The number of carbonyl (C=O) groups is 2. The Bertz CT molecular complexity index is 471. The summed E-state index contributed by atoms with van der Waals surface area (Å²) in [6, 6.07) is 1.80. The van der Waals surface area contributed by atoms with Crippen molar-refractivity contribution in [2.75, 3.05) is 6.54 Å². The summed E-state index contributed by atoms with van der Waals surface area (Å²) < 4.78 is 2.77. The fourth-order valence-corrected chi connectivity index (χ4v) is 2.43. The number of amides is 1. The quantitative estimate of drug-likeness (QED) is 0.761. The van der Waals surface area contributed by atoms with Gasteiger partial charge in [0.05, 0.1) is 0 Å². The molecular weight excluding hydrogens is 324 g/mol. The molecule has 6 heteroatoms. The molecule has 0 aromatic carbocycles. The van der Waals surface area contributed by atoms with Gasteiger partial charge in [0.25, 0.3) is 5.91 Å². The molecule has 0 saturated carbocycles. The fraction of sp³-hybridized carbons (Fsp3) is 0.571. The predicted molar refractivity (Wildman–Crippen MR) is 80.8 cm³/mol. The lowest BCUT2D eigenvalue weighted by atomic mass is 10.0. The number of carboxylic acids is 1. The molecule has 20 heavy (non-hydrogen) atoms. The van der Waals surface area contributed by atoms with Crippen LogP contribution in [0.2, 0.25) is 0 Å². The number of rotatable bonds is 8. The van der Waals surface area contributed by atoms with E-state index in [9.17, 15) is 9.59 Å². The maximum atomic E-state index is 12.0. The molecule has 0 saturated heterocycles. The number of aryl methyl sites for hydroxylation is 1. The van der Waals surface area contributed by atoms with Crippen LogP contribution < -0.4 is 5.32 Å². The summed E-state index contributed by atoms with van der Waals surface area (Å²) in [5.74, 6) is -0.578. The van der Waals surface area contributed by atoms with E-state index < -0.39 is 5.97 Å². The van der Waals surface area contributed by atoms with Crippen molar-refractivity contribution in [3.05, 3.63) is 22.4 Å². The topological polar surface area (TPSA) is 71.3 Å². The predicted octanol–water partition coefficient (Wildman–Crippen LogP) is 2.89. The van der Waals surface area contributed by atoms with Crippen molar-refractivity contribution in [2.45, 2.75) is 39.7 Å². The summed E-state index contributed by atoms with van der Waals surface area (Å²) in [6.45, 7) is 5.28. The molecule has 1 atom stereocenters. The maximum Gasteiger partial charge on any atom is 0.303 e. The molecule has 1 unspecified atom stereocenters. The number of halogens is 1. The van der Waals surface area contributed by atoms with Crippen LogP contribution >= 0.6 is 15.9 Å². The third kappa shape index (κ3) is 5.36. The van der Waals surface area contributed by atoms with Crippen molar-refractivity contribution in [1.82, 2.24) is 9.88 Å². The van der Waals surface area contributed by atoms with E-state index in [1.54, 1.807) is 6.07 Å². The first-order chi connectivity index (χ1) is 9.43. The monoisotopic (exact) mass is 344 g/mol. The molecule has 0 spiro atoms. The van der Waals surface area contributed by atoms with Crippen molar-refractivity contribution in [3.63, 3.8) is 0 Å². The summed E-state index contributed by atoms with van der Waals surface area (Å²) in [5.41, 5.74) is 0.637. The summed E-state index contributed by atoms with van der Waals surface area (Å²) in [6.07, 6.45) is 3.49. The molecule has 112 valence electrons. The van der Waals surface area contributed by atoms with Crippen LogP contribution in [0.3, 0.4) is 0 Å². The van der Waals surface area contributed by atoms with Gasteiger partial charge in [-0.1, -0.05) is 6.92 Å². The van der Waals surface area contributed by atoms with Crippen LogP contribution in [-0.2, 0) is 11.3 Å². The van der Waals surface area contributed by atoms with Gasteiger partial charge in [0.15, 0.2) is 0 Å². The van der Waals surface area contributed by atoms with Crippen molar-refractivity contribution in [3.8, 4) is 0 Å². The Morgan fingerprint density at radius 3 is 2.75 bits per heavy atom. The lowest BCUT2D eigenvalue weighted by molar-refractivity contribution is -0.137. The Morgan fingerprint density at radius 1 is 1.45 bits per heavy atom. The molecule has 2 N–H and O–H groups in total. The zero-order chi connectivity index (χ0) is 15.1. The van der Waals surface area contributed by atoms with Gasteiger partial charge >= 0.3 is 5.97 Å². The zero-order valence-corrected chi connectivity index (χ0v) is 13.4. The minimum absolute atomic E-state index is 0.0945. The van der Waals surface area contributed by atoms with Crippen LogP contribution in [0, 0.1) is 5.92 Å². The fourth-order valence-electron chi connectivity index (χ4n) is 1.96. The zero-order valence-electron chi connectivity index (χ0n) is 11.9. The Kier molecular flexibility index (Phi) is 6.78. The van der Waals surface area contributed by atoms with Crippen molar-refractivity contribution < 1.29 is 14.7 Å². The molecular formula is C14H21BrN2O3. The van der Waals surface area contributed by atoms with Gasteiger partial charge in [0.2, 0.25) is 0 Å². The van der Waals surface area contributed by atoms with Gasteiger partial charge in [-0.25, -0.2) is 0 Å². The normalized spacial score (nSPS) is 12.2. The van der Waals surface area contributed by atoms with E-state index in [-0.39, 0.29) is 18.2 Å². The highest BCUT2D eigenvalue weighted by molar-refractivity contribution is 9.10. The van der Waals surface area contributed by atoms with Gasteiger partial charge in [-0.2, -0.15) is 0 Å². The average Bonchev–Trinajstić information content (AvgIpc) is 2.77. The lowest BCUT2D eigenvalue weighted by Crippen LogP contribution is -2.27. The minimum atomic E-state index is -0.772. The molecule has 5 nitrogen and oxygen atoms in total. The molecule has 0 aliphatic rings. The summed E-state index contributed by atoms with van der Waals surface area (Å²) in [5, 5.41) is 11.5. The van der Waals surface area contributed by atoms with E-state index in [0.29, 0.717) is 18.7 Å². The van der Waals surface area contributed by atoms with Crippen LogP contribution in [-0.4, -0.2) is 28.1 Å². The summed E-state index contributed by atoms with van der Waals surface area (Å²) >= 11 is 3.36. The maximum absolute atomic E-state index is 12.0. The molecule has 1 aromatic heterocycles. The molecule has 0 aliphatic carbocycles. The molecule has 0 radical (unpaired) electrons. The summed E-state index contributed by atoms with van der Waals surface area (Å²) in [7, 11) is 0. The van der Waals surface area contributed by atoms with Crippen molar-refractivity contribution >= 4 is 27.8 Å². The number of nitrogens with zero attached hydrogens (tertiary/aromatic N) is 1. The number of aromatic nitrogens is 1. The van der Waals surface area contributed by atoms with Crippen LogP contribution in [0.1, 0.15) is 43.6 Å². The van der Waals surface area contributed by atoms with Gasteiger partial charge in [-0.3, -0.25) is 9.59 Å². The Morgan fingerprint density at radius 2 is 2.15 bits per heavy atom. The van der Waals surface area contributed by atoms with Crippen LogP contribution in [0.15, 0.2) is 16.7 Å². The molecule has 0 bridgehead atoms. The summed E-state index contributed by atoms with van der Waals surface area (Å²) in [4.78, 5) is 22.5. The largest absolute Gasteiger partial charge is 0.481 e. The third-order valence-corrected chi connectivity index (χ3v) is 3.64. The SMILES string of the molecule is CCn1cc(Br)cc1C(=O)NCCC(C)CCC(=O)O. The first-order valence-electron chi connectivity index (χ1n) is 6.79. The van der Waals surface area contributed by atoms with E-state index in [0.717, 1.165) is 17.4 Å². The lowest BCUT2D eigenvalue weighted by Gasteiger charge is -2.11. The Hall–Kier alpha value is -1.30. The molecule has 0 aliphatic heterocycles. The van der Waals surface area contributed by atoms with Gasteiger partial charge in [0.1, 0.15) is 5.69 Å². The second-order valence-electron chi connectivity index (χ2n) is 4.91. The number of carboxylic acid groups (broad SMARTS) is 1. The number of carbonyl (C=O) groups excluding carboxylic acids is 1. The average molecular weight is 345 g/mol. The van der Waals surface area contributed by atoms with Crippen LogP contribution in [0.25, 0.3) is 0 Å². The first-order valence-corrected chi connectivity index (χ1v) is 7.59. The van der Waals surface area contributed by atoms with Gasteiger partial charge < -0.3 is 15.0 Å². The number of hydrogen-bond acceptors (Lipinski definition) is 2. The van der Waals surface area contributed by atoms with Crippen molar-refractivity contribution in [1.29, 1.82) is 0 Å². The van der Waals surface area contributed by atoms with E-state index in [2.05, 4.69) is 21.2 Å². The van der Waals surface area contributed by atoms with E-state index in [1.807, 2.05) is 24.6 Å². The standard InChI is InChI=1S/C14H21BrN2O3/c1-3-17-9-11(15)8-12(17)14(20)16-7-6-10(2)4-5-13(18)19/h8-10H,3-7H2,1-2H3,(H,16,20)(H,18,19). The van der Waals surface area contributed by atoms with Crippen molar-refractivity contribution in [2.24, 2.45) is 5.92 Å². The highest BCUT2D eigenvalue weighted by Gasteiger charge is 2.12. The van der Waals surface area contributed by atoms with Crippen LogP contribution in [0.4, 0.5) is 0 Å². The Balaban J connectivity index is 2.38. The van der Waals surface area contributed by atoms with E-state index in [4.69, 9.17) is 5.11 Å². The first kappa shape index (κ1) is 16.8. The Labute approximate surface area is 127 Å². The molecule has 1 rings (SSSR count). The molecule has 1 heterocycles. The smallest absolute Gasteiger partial charge is 0.303 e. The highest BCUT2D eigenvalue weighted by Crippen LogP contribution is 2.15. The number of aliphatic carboxylic acids is 1. The number of nitrogens with one attached hydrogen (secondary N) is 1. The third-order valence-electron chi connectivity index (χ3n) is 3.21. The van der Waals surface area contributed by atoms with E-state index >= 15 is 0 Å². The van der Waals surface area contributed by atoms with Gasteiger partial charge in [-0.15, -0.1) is 0 Å². The van der Waals surface area contributed by atoms with Gasteiger partial charge in [-0.05, 0) is 47.7 Å². The second kappa shape index (κ2) is 8.09.